The van der Waals surface area contributed by atoms with E-state index in [-0.39, 0.29) is 16.8 Å². The first-order valence-corrected chi connectivity index (χ1v) is 4.81. The van der Waals surface area contributed by atoms with Crippen molar-refractivity contribution in [3.8, 4) is 11.3 Å². The largest absolute Gasteiger partial charge is 0.477 e. The summed E-state index contributed by atoms with van der Waals surface area (Å²) in [6.07, 6.45) is 0. The summed E-state index contributed by atoms with van der Waals surface area (Å²) in [5, 5.41) is 8.69. The summed E-state index contributed by atoms with van der Waals surface area (Å²) in [4.78, 5) is 24.4. The van der Waals surface area contributed by atoms with Crippen LogP contribution in [0.15, 0.2) is 41.2 Å². The maximum absolute atomic E-state index is 13.4. The molecule has 0 unspecified atom stereocenters. The van der Waals surface area contributed by atoms with E-state index in [1.807, 2.05) is 0 Å². The third-order valence-electron chi connectivity index (χ3n) is 2.30. The average molecular weight is 233 g/mol. The molecule has 0 spiro atoms. The van der Waals surface area contributed by atoms with Crippen molar-refractivity contribution < 1.29 is 14.3 Å². The highest BCUT2D eigenvalue weighted by Gasteiger charge is 2.10. The van der Waals surface area contributed by atoms with Gasteiger partial charge in [-0.3, -0.25) is 4.79 Å². The highest BCUT2D eigenvalue weighted by Crippen LogP contribution is 2.19. The minimum atomic E-state index is -1.31. The number of aromatic amines is 1. The molecule has 2 aromatic rings. The molecule has 0 aliphatic heterocycles. The number of hydrogen-bond acceptors (Lipinski definition) is 2. The Bertz CT molecular complexity index is 634. The minimum absolute atomic E-state index is 0.224. The number of carboxylic acids is 1. The Balaban J connectivity index is 2.57. The van der Waals surface area contributed by atoms with Gasteiger partial charge in [-0.2, -0.15) is 0 Å². The van der Waals surface area contributed by atoms with Crippen molar-refractivity contribution in [2.24, 2.45) is 0 Å². The molecule has 0 fully saturated rings. The molecule has 0 radical (unpaired) electrons. The number of nitrogens with one attached hydrogen (secondary N) is 1. The normalized spacial score (nSPS) is 10.2. The lowest BCUT2D eigenvalue weighted by Crippen LogP contribution is -2.17. The SMILES string of the molecule is O=C(O)c1ccc(-c2ccccc2F)[nH]c1=O. The van der Waals surface area contributed by atoms with Gasteiger partial charge in [-0.1, -0.05) is 12.1 Å². The summed E-state index contributed by atoms with van der Waals surface area (Å²) in [6, 6.07) is 8.44. The van der Waals surface area contributed by atoms with Crippen LogP contribution in [0.3, 0.4) is 0 Å². The molecule has 1 aromatic carbocycles. The molecule has 0 atom stereocenters. The van der Waals surface area contributed by atoms with Gasteiger partial charge in [-0.25, -0.2) is 9.18 Å². The number of benzene rings is 1. The van der Waals surface area contributed by atoms with Gasteiger partial charge in [0.15, 0.2) is 0 Å². The van der Waals surface area contributed by atoms with E-state index in [9.17, 15) is 14.0 Å². The molecule has 17 heavy (non-hydrogen) atoms. The van der Waals surface area contributed by atoms with Crippen LogP contribution in [0.2, 0.25) is 0 Å². The second kappa shape index (κ2) is 4.21. The van der Waals surface area contributed by atoms with Gasteiger partial charge < -0.3 is 10.1 Å². The van der Waals surface area contributed by atoms with E-state index in [1.54, 1.807) is 6.07 Å². The number of pyridine rings is 1. The third kappa shape index (κ3) is 2.08. The summed E-state index contributed by atoms with van der Waals surface area (Å²) >= 11 is 0. The minimum Gasteiger partial charge on any atom is -0.477 e. The fourth-order valence-electron chi connectivity index (χ4n) is 1.48. The van der Waals surface area contributed by atoms with Crippen molar-refractivity contribution in [2.75, 3.05) is 0 Å². The molecular weight excluding hydrogens is 225 g/mol. The molecule has 0 saturated heterocycles. The highest BCUT2D eigenvalue weighted by atomic mass is 19.1. The standard InChI is InChI=1S/C12H8FNO3/c13-9-4-2-1-3-7(9)10-6-5-8(12(16)17)11(15)14-10/h1-6H,(H,14,15)(H,16,17). The summed E-state index contributed by atoms with van der Waals surface area (Å²) in [5.41, 5.74) is -0.650. The quantitative estimate of drug-likeness (QED) is 0.831. The zero-order valence-corrected chi connectivity index (χ0v) is 8.61. The van der Waals surface area contributed by atoms with Gasteiger partial charge in [-0.05, 0) is 24.3 Å². The van der Waals surface area contributed by atoms with Crippen LogP contribution >= 0.6 is 0 Å². The van der Waals surface area contributed by atoms with Gasteiger partial charge in [0.2, 0.25) is 0 Å². The van der Waals surface area contributed by atoms with Crippen LogP contribution in [0.5, 0.6) is 0 Å². The van der Waals surface area contributed by atoms with Gasteiger partial charge in [0.05, 0.1) is 5.69 Å². The molecule has 0 bridgehead atoms. The molecule has 0 aliphatic carbocycles. The van der Waals surface area contributed by atoms with Crippen molar-refractivity contribution in [2.45, 2.75) is 0 Å². The van der Waals surface area contributed by atoms with E-state index >= 15 is 0 Å². The van der Waals surface area contributed by atoms with Crippen LogP contribution in [-0.2, 0) is 0 Å². The predicted octanol–water partition coefficient (Wildman–Crippen LogP) is 1.88. The first kappa shape index (κ1) is 11.1. The van der Waals surface area contributed by atoms with Gasteiger partial charge in [-0.15, -0.1) is 0 Å². The van der Waals surface area contributed by atoms with Crippen LogP contribution in [0.1, 0.15) is 10.4 Å². The van der Waals surface area contributed by atoms with E-state index in [2.05, 4.69) is 4.98 Å². The predicted molar refractivity (Wildman–Crippen MR) is 59.4 cm³/mol. The molecule has 0 aliphatic rings. The van der Waals surface area contributed by atoms with Crippen molar-refractivity contribution in [1.82, 2.24) is 4.98 Å². The second-order valence-corrected chi connectivity index (χ2v) is 3.40. The Morgan fingerprint density at radius 2 is 1.88 bits per heavy atom. The van der Waals surface area contributed by atoms with Crippen LogP contribution < -0.4 is 5.56 Å². The molecule has 1 heterocycles. The summed E-state index contributed by atoms with van der Waals surface area (Å²) < 4.78 is 13.4. The molecule has 0 amide bonds. The molecule has 1 aromatic heterocycles. The van der Waals surface area contributed by atoms with Crippen molar-refractivity contribution >= 4 is 5.97 Å². The number of H-pyrrole nitrogens is 1. The van der Waals surface area contributed by atoms with E-state index < -0.39 is 17.3 Å². The van der Waals surface area contributed by atoms with E-state index in [1.165, 1.54) is 24.3 Å². The van der Waals surface area contributed by atoms with E-state index in [0.717, 1.165) is 6.07 Å². The topological polar surface area (TPSA) is 70.2 Å². The highest BCUT2D eigenvalue weighted by molar-refractivity contribution is 5.87. The lowest BCUT2D eigenvalue weighted by molar-refractivity contribution is 0.0695. The zero-order chi connectivity index (χ0) is 12.4. The Hall–Kier alpha value is -2.43. The van der Waals surface area contributed by atoms with Crippen molar-refractivity contribution in [3.63, 3.8) is 0 Å². The number of hydrogen-bond donors (Lipinski definition) is 2. The zero-order valence-electron chi connectivity index (χ0n) is 8.61. The van der Waals surface area contributed by atoms with E-state index in [4.69, 9.17) is 5.11 Å². The number of halogens is 1. The molecule has 4 nitrogen and oxygen atoms in total. The summed E-state index contributed by atoms with van der Waals surface area (Å²) in [6.45, 7) is 0. The maximum Gasteiger partial charge on any atom is 0.341 e. The number of carbonyl (C=O) groups is 1. The first-order valence-electron chi connectivity index (χ1n) is 4.81. The molecule has 2 rings (SSSR count). The molecular formula is C12H8FNO3. The fourth-order valence-corrected chi connectivity index (χ4v) is 1.48. The van der Waals surface area contributed by atoms with Crippen LogP contribution in [0.25, 0.3) is 11.3 Å². The number of carboxylic acid groups (broad SMARTS) is 1. The molecule has 86 valence electrons. The van der Waals surface area contributed by atoms with Crippen molar-refractivity contribution in [1.29, 1.82) is 0 Å². The smallest absolute Gasteiger partial charge is 0.341 e. The first-order chi connectivity index (χ1) is 8.09. The molecule has 5 heteroatoms. The number of aromatic carboxylic acids is 1. The molecule has 2 N–H and O–H groups in total. The monoisotopic (exact) mass is 233 g/mol. The van der Waals surface area contributed by atoms with Gasteiger partial charge in [0.25, 0.3) is 5.56 Å². The van der Waals surface area contributed by atoms with Crippen LogP contribution in [0.4, 0.5) is 4.39 Å². The molecule has 0 saturated carbocycles. The van der Waals surface area contributed by atoms with Crippen molar-refractivity contribution in [3.05, 3.63) is 58.1 Å². The van der Waals surface area contributed by atoms with Crippen LogP contribution in [0, 0.1) is 5.82 Å². The van der Waals surface area contributed by atoms with Gasteiger partial charge in [0.1, 0.15) is 11.4 Å². The Morgan fingerprint density at radius 3 is 2.47 bits per heavy atom. The number of rotatable bonds is 2. The summed E-state index contributed by atoms with van der Waals surface area (Å²) in [7, 11) is 0. The average Bonchev–Trinajstić information content (AvgIpc) is 2.29. The Labute approximate surface area is 95.4 Å². The van der Waals surface area contributed by atoms with Gasteiger partial charge in [0, 0.05) is 5.56 Å². The Kier molecular flexibility index (Phi) is 2.74. The lowest BCUT2D eigenvalue weighted by Gasteiger charge is -2.03. The van der Waals surface area contributed by atoms with E-state index in [0.29, 0.717) is 0 Å². The third-order valence-corrected chi connectivity index (χ3v) is 2.30. The maximum atomic E-state index is 13.4. The van der Waals surface area contributed by atoms with Gasteiger partial charge >= 0.3 is 5.97 Å². The summed E-state index contributed by atoms with van der Waals surface area (Å²) in [5.74, 6) is -1.79. The Morgan fingerprint density at radius 1 is 1.18 bits per heavy atom. The van der Waals surface area contributed by atoms with Crippen LogP contribution in [-0.4, -0.2) is 16.1 Å². The lowest BCUT2D eigenvalue weighted by atomic mass is 10.1. The fraction of sp³-hybridized carbons (Fsp3) is 0. The number of aromatic nitrogens is 1. The second-order valence-electron chi connectivity index (χ2n) is 3.40.